The van der Waals surface area contributed by atoms with Crippen LogP contribution in [0.25, 0.3) is 0 Å². The number of hydrogen-bond acceptors (Lipinski definition) is 2. The molecular weight excluding hydrogens is 207 g/mol. The summed E-state index contributed by atoms with van der Waals surface area (Å²) in [5.74, 6) is 0.145. The summed E-state index contributed by atoms with van der Waals surface area (Å²) in [5, 5.41) is 0. The van der Waals surface area contributed by atoms with Crippen molar-refractivity contribution < 1.29 is 9.18 Å². The number of carbonyl (C=O) groups excluding carboxylic acids is 1. The van der Waals surface area contributed by atoms with E-state index >= 15 is 0 Å². The Morgan fingerprint density at radius 3 is 2.81 bits per heavy atom. The number of benzene rings is 1. The van der Waals surface area contributed by atoms with Crippen molar-refractivity contribution in [2.24, 2.45) is 17.6 Å². The maximum Gasteiger partial charge on any atom is 0.227 e. The molecule has 3 nitrogen and oxygen atoms in total. The summed E-state index contributed by atoms with van der Waals surface area (Å²) in [6.07, 6.45) is 0. The fourth-order valence-electron chi connectivity index (χ4n) is 2.51. The van der Waals surface area contributed by atoms with E-state index in [2.05, 4.69) is 0 Å². The van der Waals surface area contributed by atoms with Crippen LogP contribution in [0.3, 0.4) is 0 Å². The molecule has 2 aliphatic rings. The molecule has 2 fully saturated rings. The third-order valence-electron chi connectivity index (χ3n) is 3.58. The van der Waals surface area contributed by atoms with Gasteiger partial charge in [-0.1, -0.05) is 18.2 Å². The largest absolute Gasteiger partial charge is 0.338 e. The zero-order valence-electron chi connectivity index (χ0n) is 8.77. The van der Waals surface area contributed by atoms with Gasteiger partial charge in [0.25, 0.3) is 0 Å². The molecule has 1 aliphatic carbocycles. The lowest BCUT2D eigenvalue weighted by molar-refractivity contribution is -0.130. The zero-order chi connectivity index (χ0) is 11.3. The number of halogens is 1. The van der Waals surface area contributed by atoms with Gasteiger partial charge in [-0.25, -0.2) is 4.39 Å². The highest BCUT2D eigenvalue weighted by molar-refractivity contribution is 5.86. The van der Waals surface area contributed by atoms with E-state index in [0.29, 0.717) is 24.6 Å². The van der Waals surface area contributed by atoms with Crippen LogP contribution in [0.4, 0.5) is 4.39 Å². The number of hydrogen-bond donors (Lipinski definition) is 1. The maximum absolute atomic E-state index is 13.4. The second-order valence-electron chi connectivity index (χ2n) is 4.58. The molecule has 0 aromatic heterocycles. The van der Waals surface area contributed by atoms with Crippen molar-refractivity contribution in [2.75, 3.05) is 6.54 Å². The van der Waals surface area contributed by atoms with E-state index in [9.17, 15) is 9.18 Å². The highest BCUT2D eigenvalue weighted by Gasteiger charge is 2.59. The molecule has 1 amide bonds. The van der Waals surface area contributed by atoms with Gasteiger partial charge in [0.15, 0.2) is 0 Å². The standard InChI is InChI=1S/C12H13FN2O/c13-9-4-2-1-3-7(9)5-15-6-8-10(11(8)14)12(15)16/h1-4,8,10-11H,5-6,14H2. The number of carbonyl (C=O) groups is 1. The minimum Gasteiger partial charge on any atom is -0.338 e. The molecule has 1 heterocycles. The first-order chi connectivity index (χ1) is 7.68. The summed E-state index contributed by atoms with van der Waals surface area (Å²) in [6.45, 7) is 1.05. The third-order valence-corrected chi connectivity index (χ3v) is 3.58. The normalized spacial score (nSPS) is 31.8. The van der Waals surface area contributed by atoms with Crippen LogP contribution >= 0.6 is 0 Å². The van der Waals surface area contributed by atoms with Gasteiger partial charge in [-0.3, -0.25) is 4.79 Å². The molecule has 4 heteroatoms. The molecule has 0 spiro atoms. The van der Waals surface area contributed by atoms with E-state index in [1.165, 1.54) is 6.07 Å². The molecule has 1 aromatic rings. The molecular formula is C12H13FN2O. The monoisotopic (exact) mass is 220 g/mol. The second-order valence-corrected chi connectivity index (χ2v) is 4.58. The van der Waals surface area contributed by atoms with Gasteiger partial charge in [-0.2, -0.15) is 0 Å². The first-order valence-corrected chi connectivity index (χ1v) is 5.46. The van der Waals surface area contributed by atoms with Crippen LogP contribution in [-0.4, -0.2) is 23.4 Å². The number of piperidine rings is 1. The first kappa shape index (κ1) is 9.78. The fraction of sp³-hybridized carbons (Fsp3) is 0.417. The Morgan fingerprint density at radius 2 is 2.19 bits per heavy atom. The zero-order valence-corrected chi connectivity index (χ0v) is 8.77. The minimum absolute atomic E-state index is 0.00627. The molecule has 84 valence electrons. The van der Waals surface area contributed by atoms with E-state index in [-0.39, 0.29) is 23.7 Å². The third kappa shape index (κ3) is 1.33. The quantitative estimate of drug-likeness (QED) is 0.799. The Balaban J connectivity index is 1.73. The Kier molecular flexibility index (Phi) is 2.01. The molecule has 3 atom stereocenters. The van der Waals surface area contributed by atoms with E-state index < -0.39 is 0 Å². The van der Waals surface area contributed by atoms with E-state index in [0.717, 1.165) is 0 Å². The summed E-state index contributed by atoms with van der Waals surface area (Å²) in [7, 11) is 0. The summed E-state index contributed by atoms with van der Waals surface area (Å²) in [6, 6.07) is 6.61. The number of amides is 1. The van der Waals surface area contributed by atoms with Crippen LogP contribution < -0.4 is 5.73 Å². The lowest BCUT2D eigenvalue weighted by Gasteiger charge is -2.19. The van der Waals surface area contributed by atoms with Gasteiger partial charge in [0.05, 0.1) is 5.92 Å². The van der Waals surface area contributed by atoms with Gasteiger partial charge < -0.3 is 10.6 Å². The number of fused-ring (bicyclic) bond motifs is 1. The molecule has 0 radical (unpaired) electrons. The van der Waals surface area contributed by atoms with Crippen LogP contribution in [-0.2, 0) is 11.3 Å². The van der Waals surface area contributed by atoms with Gasteiger partial charge in [0.2, 0.25) is 5.91 Å². The minimum atomic E-state index is -0.250. The first-order valence-electron chi connectivity index (χ1n) is 5.46. The molecule has 1 aliphatic heterocycles. The summed E-state index contributed by atoms with van der Waals surface area (Å²) in [5.41, 5.74) is 6.30. The highest BCUT2D eigenvalue weighted by Crippen LogP contribution is 2.45. The average Bonchev–Trinajstić information content (AvgIpc) is 2.76. The topological polar surface area (TPSA) is 46.3 Å². The van der Waals surface area contributed by atoms with Crippen LogP contribution in [0.15, 0.2) is 24.3 Å². The predicted molar refractivity (Wildman–Crippen MR) is 56.8 cm³/mol. The molecule has 0 bridgehead atoms. The molecule has 1 saturated carbocycles. The summed E-state index contributed by atoms with van der Waals surface area (Å²) >= 11 is 0. The van der Waals surface area contributed by atoms with Gasteiger partial charge in [0, 0.05) is 30.6 Å². The lowest BCUT2D eigenvalue weighted by Crippen LogP contribution is -2.32. The Hall–Kier alpha value is -1.42. The summed E-state index contributed by atoms with van der Waals surface area (Å²) < 4.78 is 13.4. The smallest absolute Gasteiger partial charge is 0.227 e. The Labute approximate surface area is 93.0 Å². The number of likely N-dealkylation sites (tertiary alicyclic amines) is 1. The lowest BCUT2D eigenvalue weighted by atomic mass is 10.2. The van der Waals surface area contributed by atoms with E-state index in [1.807, 2.05) is 0 Å². The van der Waals surface area contributed by atoms with Crippen LogP contribution in [0.1, 0.15) is 5.56 Å². The molecule has 3 rings (SSSR count). The second kappa shape index (κ2) is 3.28. The van der Waals surface area contributed by atoms with Gasteiger partial charge in [-0.15, -0.1) is 0 Å². The summed E-state index contributed by atoms with van der Waals surface area (Å²) in [4.78, 5) is 13.5. The van der Waals surface area contributed by atoms with Crippen molar-refractivity contribution in [3.05, 3.63) is 35.6 Å². The molecule has 1 saturated heterocycles. The Morgan fingerprint density at radius 1 is 1.44 bits per heavy atom. The fourth-order valence-corrected chi connectivity index (χ4v) is 2.51. The van der Waals surface area contributed by atoms with Crippen molar-refractivity contribution in [3.63, 3.8) is 0 Å². The maximum atomic E-state index is 13.4. The van der Waals surface area contributed by atoms with Crippen molar-refractivity contribution in [1.29, 1.82) is 0 Å². The predicted octanol–water partition coefficient (Wildman–Crippen LogP) is 0.741. The van der Waals surface area contributed by atoms with Gasteiger partial charge in [-0.05, 0) is 6.07 Å². The Bertz CT molecular complexity index is 448. The van der Waals surface area contributed by atoms with Gasteiger partial charge in [0.1, 0.15) is 5.82 Å². The average molecular weight is 220 g/mol. The SMILES string of the molecule is NC1C2CN(Cc3ccccc3F)C(=O)C12. The van der Waals surface area contributed by atoms with Crippen LogP contribution in [0, 0.1) is 17.7 Å². The van der Waals surface area contributed by atoms with E-state index in [4.69, 9.17) is 5.73 Å². The van der Waals surface area contributed by atoms with Crippen molar-refractivity contribution in [3.8, 4) is 0 Å². The molecule has 2 N–H and O–H groups in total. The number of nitrogens with zero attached hydrogens (tertiary/aromatic N) is 1. The van der Waals surface area contributed by atoms with Crippen LogP contribution in [0.5, 0.6) is 0 Å². The van der Waals surface area contributed by atoms with Crippen molar-refractivity contribution in [2.45, 2.75) is 12.6 Å². The van der Waals surface area contributed by atoms with Crippen molar-refractivity contribution in [1.82, 2.24) is 4.90 Å². The number of nitrogens with two attached hydrogens (primary N) is 1. The van der Waals surface area contributed by atoms with E-state index in [1.54, 1.807) is 23.1 Å². The van der Waals surface area contributed by atoms with Crippen molar-refractivity contribution >= 4 is 5.91 Å². The molecule has 1 aromatic carbocycles. The molecule has 16 heavy (non-hydrogen) atoms. The highest BCUT2D eigenvalue weighted by atomic mass is 19.1. The molecule has 3 unspecified atom stereocenters. The van der Waals surface area contributed by atoms with Gasteiger partial charge >= 0.3 is 0 Å². The van der Waals surface area contributed by atoms with Crippen LogP contribution in [0.2, 0.25) is 0 Å². The number of rotatable bonds is 2.